The molecule has 1 aliphatic heterocycles. The molecule has 3 aliphatic carbocycles. The van der Waals surface area contributed by atoms with Crippen LogP contribution in [0.1, 0.15) is 23.5 Å². The minimum Gasteiger partial charge on any atom is -0.512 e. The van der Waals surface area contributed by atoms with Crippen LogP contribution in [-0.2, 0) is 4.74 Å². The van der Waals surface area contributed by atoms with Crippen molar-refractivity contribution in [3.63, 3.8) is 0 Å². The van der Waals surface area contributed by atoms with Crippen LogP contribution in [0.4, 0.5) is 0 Å². The molecule has 158 valence electrons. The van der Waals surface area contributed by atoms with Crippen molar-refractivity contribution >= 4 is 17.9 Å². The zero-order valence-corrected chi connectivity index (χ0v) is 16.9. The Labute approximate surface area is 179 Å². The lowest BCUT2D eigenvalue weighted by atomic mass is 9.72. The number of fused-ring (bicyclic) bond motifs is 3. The van der Waals surface area contributed by atoms with E-state index >= 15 is 0 Å². The molecule has 4 aliphatic rings. The summed E-state index contributed by atoms with van der Waals surface area (Å²) in [5.74, 6) is 0.244. The van der Waals surface area contributed by atoms with Gasteiger partial charge in [-0.1, -0.05) is 54.6 Å². The monoisotopic (exact) mass is 417 g/mol. The lowest BCUT2D eigenvalue weighted by Gasteiger charge is -2.36. The van der Waals surface area contributed by atoms with Crippen LogP contribution in [0.15, 0.2) is 87.3 Å². The van der Waals surface area contributed by atoms with Crippen molar-refractivity contribution in [1.29, 1.82) is 0 Å². The Bertz CT molecular complexity index is 1140. The molecule has 1 aromatic rings. The summed E-state index contributed by atoms with van der Waals surface area (Å²) in [7, 11) is 1.48. The average Bonchev–Trinajstić information content (AvgIpc) is 2.77. The molecule has 4 N–H and O–H groups in total. The number of hydrogen-bond donors (Lipinski definition) is 4. The zero-order chi connectivity index (χ0) is 21.5. The second-order valence-corrected chi connectivity index (χ2v) is 7.87. The Balaban J connectivity index is 1.57. The summed E-state index contributed by atoms with van der Waals surface area (Å²) in [5.41, 5.74) is 3.64. The molecule has 7 nitrogen and oxygen atoms in total. The van der Waals surface area contributed by atoms with Gasteiger partial charge in [-0.25, -0.2) is 4.99 Å². The first-order chi connectivity index (χ1) is 15.0. The smallest absolute Gasteiger partial charge is 0.315 e. The number of ether oxygens (including phenoxy) is 1. The van der Waals surface area contributed by atoms with E-state index in [0.29, 0.717) is 0 Å². The third-order valence-electron chi connectivity index (χ3n) is 5.99. The number of aliphatic hydroxyl groups excluding tert-OH is 3. The Morgan fingerprint density at radius 1 is 1.06 bits per heavy atom. The molecule has 0 fully saturated rings. The predicted molar refractivity (Wildman–Crippen MR) is 119 cm³/mol. The molecule has 0 aromatic heterocycles. The number of nitrogens with one attached hydrogen (secondary N) is 1. The van der Waals surface area contributed by atoms with E-state index in [9.17, 15) is 15.3 Å². The summed E-state index contributed by atoms with van der Waals surface area (Å²) in [6, 6.07) is 8.45. The van der Waals surface area contributed by atoms with Crippen molar-refractivity contribution in [2.75, 3.05) is 7.11 Å². The fourth-order valence-corrected chi connectivity index (χ4v) is 4.57. The molecule has 0 radical (unpaired) electrons. The van der Waals surface area contributed by atoms with Crippen molar-refractivity contribution < 1.29 is 20.1 Å². The van der Waals surface area contributed by atoms with E-state index < -0.39 is 12.3 Å². The summed E-state index contributed by atoms with van der Waals surface area (Å²) >= 11 is 0. The molecule has 0 saturated carbocycles. The number of rotatable bonds is 2. The Morgan fingerprint density at radius 3 is 2.61 bits per heavy atom. The van der Waals surface area contributed by atoms with Gasteiger partial charge < -0.3 is 25.4 Å². The Hall–Kier alpha value is -3.58. The van der Waals surface area contributed by atoms with Gasteiger partial charge in [0.05, 0.1) is 24.5 Å². The van der Waals surface area contributed by atoms with Gasteiger partial charge in [0.1, 0.15) is 17.8 Å². The van der Waals surface area contributed by atoms with Crippen LogP contribution in [0.3, 0.4) is 0 Å². The molecular formula is C24H23N3O4. The lowest BCUT2D eigenvalue weighted by Crippen LogP contribution is -2.45. The van der Waals surface area contributed by atoms with Crippen molar-refractivity contribution in [3.05, 3.63) is 88.4 Å². The fourth-order valence-electron chi connectivity index (χ4n) is 4.57. The molecule has 0 amide bonds. The highest BCUT2D eigenvalue weighted by Crippen LogP contribution is 2.43. The number of benzene rings is 1. The van der Waals surface area contributed by atoms with E-state index in [0.717, 1.165) is 11.1 Å². The predicted octanol–water partition coefficient (Wildman–Crippen LogP) is 3.26. The maximum Gasteiger partial charge on any atom is 0.315 e. The standard InChI is InChI=1S/C24H23N3O4/c1-31-24-26-22(25-23(27-24)21-19(29)11-14(28)12-20(21)30)18-10-13-6-2-3-7-15(13)16-8-4-5-9-17(16)18/h2-11,16-17,20,22,28-30H,12H2,1H3,(H,25,26,27). The second kappa shape index (κ2) is 7.59. The van der Waals surface area contributed by atoms with E-state index in [1.807, 2.05) is 18.2 Å². The first kappa shape index (κ1) is 19.4. The first-order valence-electron chi connectivity index (χ1n) is 10.2. The number of nitrogens with zero attached hydrogens (tertiary/aromatic N) is 2. The summed E-state index contributed by atoms with van der Waals surface area (Å²) in [4.78, 5) is 8.95. The van der Waals surface area contributed by atoms with Crippen molar-refractivity contribution in [2.45, 2.75) is 24.6 Å². The van der Waals surface area contributed by atoms with E-state index in [4.69, 9.17) is 4.74 Å². The summed E-state index contributed by atoms with van der Waals surface area (Å²) in [6.45, 7) is 0. The molecule has 1 aromatic carbocycles. The summed E-state index contributed by atoms with van der Waals surface area (Å²) in [6.07, 6.45) is 10.2. The maximum absolute atomic E-state index is 10.5. The summed E-state index contributed by atoms with van der Waals surface area (Å²) in [5, 5.41) is 33.8. The lowest BCUT2D eigenvalue weighted by molar-refractivity contribution is 0.184. The van der Waals surface area contributed by atoms with Crippen LogP contribution in [0.25, 0.3) is 6.08 Å². The SMILES string of the molecule is COC1=NC(C2=Cc3ccccc3C3C=CC=CC23)NC(C2=C(O)C=C(O)CC2O)=N1. The highest BCUT2D eigenvalue weighted by Gasteiger charge is 2.37. The van der Waals surface area contributed by atoms with E-state index in [1.54, 1.807) is 0 Å². The van der Waals surface area contributed by atoms with Crippen LogP contribution in [0.5, 0.6) is 0 Å². The molecule has 0 saturated heterocycles. The topological polar surface area (TPSA) is 107 Å². The average molecular weight is 417 g/mol. The number of methoxy groups -OCH3 is 1. The molecule has 1 heterocycles. The van der Waals surface area contributed by atoms with Gasteiger partial charge in [0, 0.05) is 24.3 Å². The quantitative estimate of drug-likeness (QED) is 0.591. The van der Waals surface area contributed by atoms with Gasteiger partial charge in [0.25, 0.3) is 0 Å². The molecule has 0 spiro atoms. The molecule has 5 rings (SSSR count). The molecule has 4 unspecified atom stereocenters. The van der Waals surface area contributed by atoms with Crippen LogP contribution in [0, 0.1) is 5.92 Å². The van der Waals surface area contributed by atoms with Gasteiger partial charge >= 0.3 is 6.02 Å². The highest BCUT2D eigenvalue weighted by atomic mass is 16.5. The van der Waals surface area contributed by atoms with Gasteiger partial charge in [-0.2, -0.15) is 4.99 Å². The second-order valence-electron chi connectivity index (χ2n) is 7.87. The van der Waals surface area contributed by atoms with E-state index in [1.165, 1.54) is 18.7 Å². The summed E-state index contributed by atoms with van der Waals surface area (Å²) < 4.78 is 5.34. The van der Waals surface area contributed by atoms with Gasteiger partial charge in [0.2, 0.25) is 0 Å². The minimum atomic E-state index is -1.10. The number of allylic oxidation sites excluding steroid dienone is 5. The van der Waals surface area contributed by atoms with Crippen molar-refractivity contribution in [1.82, 2.24) is 5.32 Å². The van der Waals surface area contributed by atoms with Crippen molar-refractivity contribution in [2.24, 2.45) is 15.9 Å². The number of hydrogen-bond acceptors (Lipinski definition) is 7. The number of amidine groups is 2. The fraction of sp³-hybridized carbons (Fsp3) is 0.250. The minimum absolute atomic E-state index is 0.00147. The van der Waals surface area contributed by atoms with Crippen LogP contribution in [-0.4, -0.2) is 46.6 Å². The van der Waals surface area contributed by atoms with Gasteiger partial charge in [-0.3, -0.25) is 0 Å². The molecule has 31 heavy (non-hydrogen) atoms. The largest absolute Gasteiger partial charge is 0.512 e. The van der Waals surface area contributed by atoms with E-state index in [-0.39, 0.29) is 47.2 Å². The molecule has 0 bridgehead atoms. The first-order valence-corrected chi connectivity index (χ1v) is 10.2. The van der Waals surface area contributed by atoms with Gasteiger partial charge in [-0.05, 0) is 16.7 Å². The molecular weight excluding hydrogens is 394 g/mol. The van der Waals surface area contributed by atoms with Crippen LogP contribution in [0.2, 0.25) is 0 Å². The maximum atomic E-state index is 10.5. The third kappa shape index (κ3) is 3.37. The van der Waals surface area contributed by atoms with Gasteiger partial charge in [-0.15, -0.1) is 0 Å². The van der Waals surface area contributed by atoms with Crippen LogP contribution < -0.4 is 5.32 Å². The zero-order valence-electron chi connectivity index (χ0n) is 16.9. The van der Waals surface area contributed by atoms with Crippen LogP contribution >= 0.6 is 0 Å². The molecule has 4 atom stereocenters. The highest BCUT2D eigenvalue weighted by molar-refractivity contribution is 6.07. The Kier molecular flexibility index (Phi) is 4.75. The molecule has 7 heteroatoms. The number of aliphatic hydroxyl groups is 3. The van der Waals surface area contributed by atoms with Gasteiger partial charge in [0.15, 0.2) is 0 Å². The van der Waals surface area contributed by atoms with E-state index in [2.05, 4.69) is 51.7 Å². The third-order valence-corrected chi connectivity index (χ3v) is 5.99. The number of aliphatic imine (C=N–C) groups is 2. The Morgan fingerprint density at radius 2 is 1.84 bits per heavy atom. The van der Waals surface area contributed by atoms with Crippen molar-refractivity contribution in [3.8, 4) is 0 Å². The normalized spacial score (nSPS) is 29.1.